The number of hydrogen-bond acceptors (Lipinski definition) is 2. The van der Waals surface area contributed by atoms with E-state index in [2.05, 4.69) is 17.9 Å². The second-order valence-corrected chi connectivity index (χ2v) is 4.06. The Morgan fingerprint density at radius 1 is 1.31 bits per heavy atom. The van der Waals surface area contributed by atoms with Gasteiger partial charge in [0.05, 0.1) is 5.69 Å². The first-order valence-electron chi connectivity index (χ1n) is 5.39. The molecule has 2 heteroatoms. The summed E-state index contributed by atoms with van der Waals surface area (Å²) >= 11 is 0. The van der Waals surface area contributed by atoms with Crippen LogP contribution in [-0.4, -0.2) is 12.3 Å². The van der Waals surface area contributed by atoms with Crippen LogP contribution in [0.1, 0.15) is 24.2 Å². The molecule has 1 aromatic rings. The van der Waals surface area contributed by atoms with Crippen molar-refractivity contribution in [3.05, 3.63) is 53.8 Å². The highest BCUT2D eigenvalue weighted by atomic mass is 16.1. The summed E-state index contributed by atoms with van der Waals surface area (Å²) in [5.41, 5.74) is 3.06. The van der Waals surface area contributed by atoms with Crippen LogP contribution in [0.3, 0.4) is 0 Å². The molecule has 82 valence electrons. The second-order valence-electron chi connectivity index (χ2n) is 4.06. The molecule has 0 amide bonds. The van der Waals surface area contributed by atoms with Gasteiger partial charge in [-0.25, -0.2) is 0 Å². The summed E-state index contributed by atoms with van der Waals surface area (Å²) in [6, 6.07) is 7.72. The Bertz CT molecular complexity index is 471. The van der Waals surface area contributed by atoms with Crippen LogP contribution in [0, 0.1) is 0 Å². The monoisotopic (exact) mass is 213 g/mol. The van der Waals surface area contributed by atoms with E-state index in [0.29, 0.717) is 0 Å². The number of nitrogens with zero attached hydrogens (tertiary/aromatic N) is 1. The zero-order chi connectivity index (χ0) is 11.5. The van der Waals surface area contributed by atoms with E-state index in [-0.39, 0.29) is 5.78 Å². The molecule has 0 bridgehead atoms. The highest BCUT2D eigenvalue weighted by molar-refractivity contribution is 6.00. The Morgan fingerprint density at radius 3 is 2.75 bits per heavy atom. The predicted octanol–water partition coefficient (Wildman–Crippen LogP) is 3.17. The Hall–Kier alpha value is -1.83. The molecule has 0 fully saturated rings. The average molecular weight is 213 g/mol. The lowest BCUT2D eigenvalue weighted by Crippen LogP contribution is -2.22. The van der Waals surface area contributed by atoms with E-state index in [1.807, 2.05) is 36.5 Å². The van der Waals surface area contributed by atoms with Crippen LogP contribution in [0.4, 0.5) is 5.69 Å². The summed E-state index contributed by atoms with van der Waals surface area (Å²) in [5, 5.41) is 0. The van der Waals surface area contributed by atoms with Crippen LogP contribution in [0.25, 0.3) is 0 Å². The molecular weight excluding hydrogens is 198 g/mol. The third kappa shape index (κ3) is 2.06. The molecule has 2 nitrogen and oxygen atoms in total. The molecule has 1 aliphatic heterocycles. The maximum Gasteiger partial charge on any atom is 0.161 e. The van der Waals surface area contributed by atoms with E-state index >= 15 is 0 Å². The molecule has 0 unspecified atom stereocenters. The van der Waals surface area contributed by atoms with Gasteiger partial charge in [0.25, 0.3) is 0 Å². The van der Waals surface area contributed by atoms with Crippen LogP contribution < -0.4 is 4.90 Å². The van der Waals surface area contributed by atoms with Gasteiger partial charge >= 0.3 is 0 Å². The van der Waals surface area contributed by atoms with Crippen molar-refractivity contribution in [2.24, 2.45) is 0 Å². The summed E-state index contributed by atoms with van der Waals surface area (Å²) in [4.78, 5) is 13.6. The van der Waals surface area contributed by atoms with Crippen LogP contribution in [0.5, 0.6) is 0 Å². The lowest BCUT2D eigenvalue weighted by Gasteiger charge is -2.25. The van der Waals surface area contributed by atoms with Gasteiger partial charge in [-0.15, -0.1) is 0 Å². The van der Waals surface area contributed by atoms with Gasteiger partial charge < -0.3 is 4.90 Å². The number of ketones is 1. The van der Waals surface area contributed by atoms with E-state index in [1.54, 1.807) is 6.92 Å². The van der Waals surface area contributed by atoms with Crippen molar-refractivity contribution in [2.45, 2.75) is 13.8 Å². The van der Waals surface area contributed by atoms with Crippen molar-refractivity contribution >= 4 is 11.5 Å². The molecule has 0 radical (unpaired) electrons. The molecule has 0 aliphatic carbocycles. The van der Waals surface area contributed by atoms with Gasteiger partial charge in [0, 0.05) is 18.3 Å². The Labute approximate surface area is 95.9 Å². The number of hydrogen-bond donors (Lipinski definition) is 0. The first kappa shape index (κ1) is 10.7. The van der Waals surface area contributed by atoms with Gasteiger partial charge in [-0.1, -0.05) is 23.8 Å². The van der Waals surface area contributed by atoms with Crippen molar-refractivity contribution in [3.63, 3.8) is 0 Å². The Morgan fingerprint density at radius 2 is 2.06 bits per heavy atom. The third-order valence-electron chi connectivity index (χ3n) is 2.66. The normalized spacial score (nSPS) is 14.9. The number of benzene rings is 1. The molecular formula is C14H15NO. The minimum atomic E-state index is 0.108. The highest BCUT2D eigenvalue weighted by Crippen LogP contribution is 2.23. The summed E-state index contributed by atoms with van der Waals surface area (Å²) in [6.45, 7) is 4.54. The smallest absolute Gasteiger partial charge is 0.161 e. The minimum Gasteiger partial charge on any atom is -0.343 e. The van der Waals surface area contributed by atoms with Gasteiger partial charge in [0.15, 0.2) is 5.78 Å². The van der Waals surface area contributed by atoms with E-state index in [9.17, 15) is 4.79 Å². The summed E-state index contributed by atoms with van der Waals surface area (Å²) < 4.78 is 0. The van der Waals surface area contributed by atoms with E-state index < -0.39 is 0 Å². The fraction of sp³-hybridized carbons (Fsp3) is 0.214. The van der Waals surface area contributed by atoms with Crippen molar-refractivity contribution in [1.29, 1.82) is 0 Å². The molecule has 0 saturated carbocycles. The molecule has 0 atom stereocenters. The molecule has 0 spiro atoms. The highest BCUT2D eigenvalue weighted by Gasteiger charge is 2.13. The molecule has 2 rings (SSSR count). The number of Topliss-reactive ketones (excluding diaryl/α,β-unsaturated/α-hetero) is 1. The van der Waals surface area contributed by atoms with Crippen LogP contribution in [0.2, 0.25) is 0 Å². The number of anilines is 1. The quantitative estimate of drug-likeness (QED) is 0.703. The topological polar surface area (TPSA) is 20.3 Å². The summed E-state index contributed by atoms with van der Waals surface area (Å²) in [6.07, 6.45) is 6.11. The molecule has 0 aromatic heterocycles. The average Bonchev–Trinajstić information content (AvgIpc) is 2.29. The predicted molar refractivity (Wildman–Crippen MR) is 66.7 cm³/mol. The maximum atomic E-state index is 11.5. The van der Waals surface area contributed by atoms with E-state index in [1.165, 1.54) is 5.57 Å². The maximum absolute atomic E-state index is 11.5. The number of carbonyl (C=O) groups is 1. The number of rotatable bonds is 2. The molecule has 0 N–H and O–H groups in total. The Kier molecular flexibility index (Phi) is 2.91. The molecule has 0 saturated heterocycles. The SMILES string of the molecule is CC(=O)c1ccccc1N1C=CC=C(C)C1. The second kappa shape index (κ2) is 4.35. The first-order chi connectivity index (χ1) is 7.68. The fourth-order valence-electron chi connectivity index (χ4n) is 1.87. The van der Waals surface area contributed by atoms with Crippen molar-refractivity contribution in [3.8, 4) is 0 Å². The molecule has 1 aliphatic rings. The number of carbonyl (C=O) groups excluding carboxylic acids is 1. The van der Waals surface area contributed by atoms with Gasteiger partial charge in [-0.2, -0.15) is 0 Å². The third-order valence-corrected chi connectivity index (χ3v) is 2.66. The first-order valence-corrected chi connectivity index (χ1v) is 5.39. The summed E-state index contributed by atoms with van der Waals surface area (Å²) in [7, 11) is 0. The van der Waals surface area contributed by atoms with Crippen molar-refractivity contribution in [2.75, 3.05) is 11.4 Å². The van der Waals surface area contributed by atoms with Crippen LogP contribution >= 0.6 is 0 Å². The lowest BCUT2D eigenvalue weighted by atomic mass is 10.1. The Balaban J connectivity index is 2.38. The van der Waals surface area contributed by atoms with E-state index in [0.717, 1.165) is 17.8 Å². The van der Waals surface area contributed by atoms with Gasteiger partial charge in [-0.05, 0) is 32.1 Å². The lowest BCUT2D eigenvalue weighted by molar-refractivity contribution is 0.101. The minimum absolute atomic E-state index is 0.108. The van der Waals surface area contributed by atoms with Gasteiger partial charge in [-0.3, -0.25) is 4.79 Å². The largest absolute Gasteiger partial charge is 0.343 e. The molecule has 1 aromatic carbocycles. The van der Waals surface area contributed by atoms with Crippen LogP contribution in [-0.2, 0) is 0 Å². The number of para-hydroxylation sites is 1. The van der Waals surface area contributed by atoms with Gasteiger partial charge in [0.1, 0.15) is 0 Å². The zero-order valence-electron chi connectivity index (χ0n) is 9.60. The molecule has 16 heavy (non-hydrogen) atoms. The molecule has 1 heterocycles. The van der Waals surface area contributed by atoms with Crippen molar-refractivity contribution in [1.82, 2.24) is 0 Å². The van der Waals surface area contributed by atoms with Gasteiger partial charge in [0.2, 0.25) is 0 Å². The summed E-state index contributed by atoms with van der Waals surface area (Å²) in [5.74, 6) is 0.108. The van der Waals surface area contributed by atoms with Crippen LogP contribution in [0.15, 0.2) is 48.2 Å². The van der Waals surface area contributed by atoms with Crippen molar-refractivity contribution < 1.29 is 4.79 Å². The van der Waals surface area contributed by atoms with E-state index in [4.69, 9.17) is 0 Å². The standard InChI is InChI=1S/C14H15NO/c1-11-6-5-9-15(10-11)14-8-4-3-7-13(14)12(2)16/h3-9H,10H2,1-2H3. The zero-order valence-corrected chi connectivity index (χ0v) is 9.60. The fourth-order valence-corrected chi connectivity index (χ4v) is 1.87. The number of allylic oxidation sites excluding steroid dienone is 2.